The minimum Gasteiger partial charge on any atom is -0.313 e. The van der Waals surface area contributed by atoms with Crippen molar-refractivity contribution in [2.24, 2.45) is 0 Å². The van der Waals surface area contributed by atoms with E-state index in [2.05, 4.69) is 23.4 Å². The second kappa shape index (κ2) is 5.66. The molecule has 0 aliphatic carbocycles. The number of hydrogen-bond acceptors (Lipinski definition) is 3. The van der Waals surface area contributed by atoms with Crippen molar-refractivity contribution in [2.45, 2.75) is 46.7 Å². The van der Waals surface area contributed by atoms with Crippen molar-refractivity contribution in [3.63, 3.8) is 0 Å². The molecule has 0 aromatic carbocycles. The third kappa shape index (κ3) is 2.61. The first kappa shape index (κ1) is 12.7. The molecule has 0 aliphatic rings. The first-order chi connectivity index (χ1) is 7.61. The van der Waals surface area contributed by atoms with Gasteiger partial charge in [0.1, 0.15) is 6.04 Å². The summed E-state index contributed by atoms with van der Waals surface area (Å²) in [6.45, 7) is 9.88. The Morgan fingerprint density at radius 2 is 2.19 bits per heavy atom. The van der Waals surface area contributed by atoms with Crippen molar-refractivity contribution in [3.8, 4) is 6.07 Å². The summed E-state index contributed by atoms with van der Waals surface area (Å²) in [6.07, 6.45) is 1.13. The third-order valence-corrected chi connectivity index (χ3v) is 2.76. The summed E-state index contributed by atoms with van der Waals surface area (Å²) in [7, 11) is 0. The van der Waals surface area contributed by atoms with Crippen molar-refractivity contribution in [3.05, 3.63) is 17.0 Å². The first-order valence-electron chi connectivity index (χ1n) is 5.76. The van der Waals surface area contributed by atoms with Crippen molar-refractivity contribution in [1.82, 2.24) is 15.1 Å². The van der Waals surface area contributed by atoms with Crippen LogP contribution in [-0.4, -0.2) is 16.3 Å². The molecule has 0 saturated carbocycles. The van der Waals surface area contributed by atoms with E-state index in [0.717, 1.165) is 30.9 Å². The van der Waals surface area contributed by atoms with Crippen LogP contribution in [0.25, 0.3) is 0 Å². The van der Waals surface area contributed by atoms with E-state index >= 15 is 0 Å². The third-order valence-electron chi connectivity index (χ3n) is 2.76. The quantitative estimate of drug-likeness (QED) is 0.773. The molecule has 1 N–H and O–H groups in total. The SMILES string of the molecule is CCCNCc1c(C)nn(C(C)C#N)c1C. The number of aryl methyl sites for hydroxylation is 1. The molecule has 0 spiro atoms. The molecule has 0 saturated heterocycles. The van der Waals surface area contributed by atoms with Gasteiger partial charge in [0.25, 0.3) is 0 Å². The summed E-state index contributed by atoms with van der Waals surface area (Å²) >= 11 is 0. The molecule has 1 aromatic heterocycles. The van der Waals surface area contributed by atoms with Crippen molar-refractivity contribution in [1.29, 1.82) is 5.26 Å². The van der Waals surface area contributed by atoms with E-state index in [4.69, 9.17) is 5.26 Å². The fourth-order valence-electron chi connectivity index (χ4n) is 1.77. The van der Waals surface area contributed by atoms with E-state index in [1.807, 2.05) is 20.8 Å². The van der Waals surface area contributed by atoms with Gasteiger partial charge in [-0.05, 0) is 33.7 Å². The Morgan fingerprint density at radius 1 is 1.50 bits per heavy atom. The van der Waals surface area contributed by atoms with Gasteiger partial charge in [-0.1, -0.05) is 6.92 Å². The maximum absolute atomic E-state index is 8.90. The Bertz CT molecular complexity index is 386. The van der Waals surface area contributed by atoms with Crippen LogP contribution in [0, 0.1) is 25.2 Å². The van der Waals surface area contributed by atoms with Crippen LogP contribution < -0.4 is 5.32 Å². The van der Waals surface area contributed by atoms with Crippen LogP contribution in [0.15, 0.2) is 0 Å². The topological polar surface area (TPSA) is 53.6 Å². The van der Waals surface area contributed by atoms with E-state index < -0.39 is 0 Å². The summed E-state index contributed by atoms with van der Waals surface area (Å²) in [6, 6.07) is 2.01. The Labute approximate surface area is 97.3 Å². The number of nitriles is 1. The van der Waals surface area contributed by atoms with Crippen LogP contribution >= 0.6 is 0 Å². The zero-order valence-corrected chi connectivity index (χ0v) is 10.5. The van der Waals surface area contributed by atoms with Gasteiger partial charge in [0.2, 0.25) is 0 Å². The van der Waals surface area contributed by atoms with Gasteiger partial charge >= 0.3 is 0 Å². The Morgan fingerprint density at radius 3 is 2.75 bits per heavy atom. The van der Waals surface area contributed by atoms with E-state index in [-0.39, 0.29) is 6.04 Å². The highest BCUT2D eigenvalue weighted by Crippen LogP contribution is 2.16. The molecule has 0 bridgehead atoms. The Balaban J connectivity index is 2.86. The zero-order chi connectivity index (χ0) is 12.1. The predicted octanol–water partition coefficient (Wildman–Crippen LogP) is 2.08. The molecule has 0 radical (unpaired) electrons. The van der Waals surface area contributed by atoms with Gasteiger partial charge in [0.15, 0.2) is 0 Å². The van der Waals surface area contributed by atoms with Gasteiger partial charge in [-0.25, -0.2) is 0 Å². The van der Waals surface area contributed by atoms with E-state index in [9.17, 15) is 0 Å². The number of hydrogen-bond donors (Lipinski definition) is 1. The minimum atomic E-state index is -0.196. The zero-order valence-electron chi connectivity index (χ0n) is 10.5. The molecule has 1 atom stereocenters. The summed E-state index contributed by atoms with van der Waals surface area (Å²) < 4.78 is 1.80. The molecule has 88 valence electrons. The second-order valence-electron chi connectivity index (χ2n) is 4.08. The van der Waals surface area contributed by atoms with Gasteiger partial charge in [0, 0.05) is 17.8 Å². The van der Waals surface area contributed by atoms with Crippen molar-refractivity contribution in [2.75, 3.05) is 6.54 Å². The van der Waals surface area contributed by atoms with Gasteiger partial charge < -0.3 is 5.32 Å². The molecule has 0 fully saturated rings. The highest BCUT2D eigenvalue weighted by molar-refractivity contribution is 5.25. The van der Waals surface area contributed by atoms with Gasteiger partial charge in [0.05, 0.1) is 11.8 Å². The summed E-state index contributed by atoms with van der Waals surface area (Å²) in [5.41, 5.74) is 3.33. The van der Waals surface area contributed by atoms with Crippen LogP contribution in [0.4, 0.5) is 0 Å². The number of nitrogens with one attached hydrogen (secondary N) is 1. The number of aromatic nitrogens is 2. The molecule has 0 aliphatic heterocycles. The summed E-state index contributed by atoms with van der Waals surface area (Å²) in [4.78, 5) is 0. The maximum atomic E-state index is 8.90. The lowest BCUT2D eigenvalue weighted by molar-refractivity contribution is 0.569. The van der Waals surface area contributed by atoms with Gasteiger partial charge in [-0.2, -0.15) is 10.4 Å². The molecular formula is C12H20N4. The highest BCUT2D eigenvalue weighted by Gasteiger charge is 2.14. The number of rotatable bonds is 5. The molecule has 4 nitrogen and oxygen atoms in total. The molecule has 1 heterocycles. The fourth-order valence-corrected chi connectivity index (χ4v) is 1.77. The number of nitrogens with zero attached hydrogens (tertiary/aromatic N) is 3. The Hall–Kier alpha value is -1.34. The van der Waals surface area contributed by atoms with Crippen LogP contribution in [0.5, 0.6) is 0 Å². The van der Waals surface area contributed by atoms with E-state index in [0.29, 0.717) is 0 Å². The lowest BCUT2D eigenvalue weighted by Crippen LogP contribution is -2.15. The largest absolute Gasteiger partial charge is 0.313 e. The van der Waals surface area contributed by atoms with Crippen LogP contribution in [0.3, 0.4) is 0 Å². The van der Waals surface area contributed by atoms with Crippen molar-refractivity contribution < 1.29 is 0 Å². The van der Waals surface area contributed by atoms with Crippen molar-refractivity contribution >= 4 is 0 Å². The first-order valence-corrected chi connectivity index (χ1v) is 5.76. The molecule has 1 unspecified atom stereocenters. The molecule has 0 amide bonds. The maximum Gasteiger partial charge on any atom is 0.136 e. The predicted molar refractivity (Wildman–Crippen MR) is 64.0 cm³/mol. The van der Waals surface area contributed by atoms with Gasteiger partial charge in [-0.15, -0.1) is 0 Å². The molecule has 16 heavy (non-hydrogen) atoms. The van der Waals surface area contributed by atoms with Crippen LogP contribution in [0.1, 0.15) is 43.3 Å². The van der Waals surface area contributed by atoms with Crippen LogP contribution in [0.2, 0.25) is 0 Å². The average molecular weight is 220 g/mol. The average Bonchev–Trinajstić information content (AvgIpc) is 2.56. The second-order valence-corrected chi connectivity index (χ2v) is 4.08. The molecule has 1 rings (SSSR count). The summed E-state index contributed by atoms with van der Waals surface area (Å²) in [5.74, 6) is 0. The van der Waals surface area contributed by atoms with E-state index in [1.54, 1.807) is 4.68 Å². The fraction of sp³-hybridized carbons (Fsp3) is 0.667. The standard InChI is InChI=1S/C12H20N4/c1-5-6-14-8-12-10(3)15-16(11(12)4)9(2)7-13/h9,14H,5-6,8H2,1-4H3. The smallest absolute Gasteiger partial charge is 0.136 e. The minimum absolute atomic E-state index is 0.196. The van der Waals surface area contributed by atoms with Crippen LogP contribution in [-0.2, 0) is 6.54 Å². The molecule has 4 heteroatoms. The summed E-state index contributed by atoms with van der Waals surface area (Å²) in [5, 5.41) is 16.7. The van der Waals surface area contributed by atoms with E-state index in [1.165, 1.54) is 5.56 Å². The highest BCUT2D eigenvalue weighted by atomic mass is 15.3. The normalized spacial score (nSPS) is 12.4. The Kier molecular flexibility index (Phi) is 4.51. The van der Waals surface area contributed by atoms with Gasteiger partial charge in [-0.3, -0.25) is 4.68 Å². The monoisotopic (exact) mass is 220 g/mol. The lowest BCUT2D eigenvalue weighted by Gasteiger charge is -2.07. The molecular weight excluding hydrogens is 200 g/mol. The lowest BCUT2D eigenvalue weighted by atomic mass is 10.2. The molecule has 1 aromatic rings.